The number of likely N-dealkylation sites (N-methyl/N-ethyl adjacent to an activating group) is 1. The fraction of sp³-hybridized carbons (Fsp3) is 0.556. The maximum absolute atomic E-state index is 12.4. The molecule has 0 spiro atoms. The Hall–Kier alpha value is -3.02. The zero-order chi connectivity index (χ0) is 19.9. The maximum atomic E-state index is 12.4. The SMILES string of the molecule is CN1c2ccc([N+](=O)[O-])c(C#N)c2O[C@@H]2CCN(C(=O)OC(C)(C)C)C[C@H]21. The van der Waals surface area contributed by atoms with Gasteiger partial charge in [-0.3, -0.25) is 10.1 Å². The van der Waals surface area contributed by atoms with Gasteiger partial charge in [0.2, 0.25) is 0 Å². The smallest absolute Gasteiger partial charge is 0.410 e. The van der Waals surface area contributed by atoms with Gasteiger partial charge in [0.25, 0.3) is 5.69 Å². The first-order valence-corrected chi connectivity index (χ1v) is 8.71. The lowest BCUT2D eigenvalue weighted by Gasteiger charge is -2.47. The van der Waals surface area contributed by atoms with Gasteiger partial charge < -0.3 is 19.3 Å². The van der Waals surface area contributed by atoms with E-state index in [1.54, 1.807) is 11.0 Å². The Bertz CT molecular complexity index is 826. The molecule has 0 saturated carbocycles. The van der Waals surface area contributed by atoms with Gasteiger partial charge in [-0.2, -0.15) is 5.26 Å². The molecule has 2 aliphatic rings. The third-order valence-corrected chi connectivity index (χ3v) is 4.74. The number of benzene rings is 1. The zero-order valence-corrected chi connectivity index (χ0v) is 15.8. The summed E-state index contributed by atoms with van der Waals surface area (Å²) in [5.41, 5.74) is -0.313. The third kappa shape index (κ3) is 3.47. The van der Waals surface area contributed by atoms with Crippen LogP contribution in [0.3, 0.4) is 0 Å². The second kappa shape index (κ2) is 6.61. The number of anilines is 1. The largest absolute Gasteiger partial charge is 0.484 e. The molecule has 9 heteroatoms. The van der Waals surface area contributed by atoms with Crippen LogP contribution in [0, 0.1) is 21.4 Å². The van der Waals surface area contributed by atoms with Crippen LogP contribution in [0.25, 0.3) is 0 Å². The summed E-state index contributed by atoms with van der Waals surface area (Å²) < 4.78 is 11.5. The molecule has 2 heterocycles. The fourth-order valence-electron chi connectivity index (χ4n) is 3.46. The molecule has 0 radical (unpaired) electrons. The van der Waals surface area contributed by atoms with Crippen molar-refractivity contribution < 1.29 is 19.2 Å². The fourth-order valence-corrected chi connectivity index (χ4v) is 3.46. The molecule has 1 aromatic rings. The van der Waals surface area contributed by atoms with Crippen molar-refractivity contribution in [2.24, 2.45) is 0 Å². The van der Waals surface area contributed by atoms with E-state index in [1.807, 2.05) is 38.8 Å². The summed E-state index contributed by atoms with van der Waals surface area (Å²) in [5.74, 6) is 0.237. The molecule has 2 atom stereocenters. The third-order valence-electron chi connectivity index (χ3n) is 4.74. The quantitative estimate of drug-likeness (QED) is 0.549. The van der Waals surface area contributed by atoms with Gasteiger partial charge in [0.05, 0.1) is 16.7 Å². The number of likely N-dealkylation sites (tertiary alicyclic amines) is 1. The molecule has 1 aromatic carbocycles. The van der Waals surface area contributed by atoms with Gasteiger partial charge >= 0.3 is 6.09 Å². The summed E-state index contributed by atoms with van der Waals surface area (Å²) in [4.78, 5) is 26.6. The average Bonchev–Trinajstić information content (AvgIpc) is 2.59. The molecule has 0 unspecified atom stereocenters. The Morgan fingerprint density at radius 2 is 2.15 bits per heavy atom. The standard InChI is InChI=1S/C18H22N4O5/c1-18(2,3)27-17(23)21-8-7-15-14(10-21)20(4)13-6-5-12(22(24)25)11(9-19)16(13)26-15/h5-6,14-15H,7-8,10H2,1-4H3/t14-,15-/m1/s1. The van der Waals surface area contributed by atoms with E-state index in [4.69, 9.17) is 9.47 Å². The Kier molecular flexibility index (Phi) is 4.59. The van der Waals surface area contributed by atoms with Crippen LogP contribution >= 0.6 is 0 Å². The normalized spacial score (nSPS) is 21.4. The summed E-state index contributed by atoms with van der Waals surface area (Å²) in [6.07, 6.45) is -0.0989. The number of ether oxygens (including phenoxy) is 2. The van der Waals surface area contributed by atoms with Crippen LogP contribution < -0.4 is 9.64 Å². The number of piperidine rings is 1. The molecule has 0 N–H and O–H groups in total. The number of nitriles is 1. The highest BCUT2D eigenvalue weighted by molar-refractivity contribution is 5.73. The zero-order valence-electron chi connectivity index (χ0n) is 15.8. The van der Waals surface area contributed by atoms with Crippen molar-refractivity contribution in [1.29, 1.82) is 5.26 Å². The number of nitro groups is 1. The Morgan fingerprint density at radius 1 is 1.44 bits per heavy atom. The lowest BCUT2D eigenvalue weighted by atomic mass is 9.97. The average molecular weight is 374 g/mol. The molecule has 0 bridgehead atoms. The summed E-state index contributed by atoms with van der Waals surface area (Å²) in [6.45, 7) is 6.32. The highest BCUT2D eigenvalue weighted by Gasteiger charge is 2.42. The molecule has 0 aliphatic carbocycles. The molecule has 2 aliphatic heterocycles. The van der Waals surface area contributed by atoms with Crippen molar-refractivity contribution in [3.05, 3.63) is 27.8 Å². The van der Waals surface area contributed by atoms with E-state index in [9.17, 15) is 20.2 Å². The first-order chi connectivity index (χ1) is 12.6. The van der Waals surface area contributed by atoms with Gasteiger partial charge in [0, 0.05) is 32.6 Å². The predicted octanol–water partition coefficient (Wildman–Crippen LogP) is 2.67. The van der Waals surface area contributed by atoms with Crippen molar-refractivity contribution in [1.82, 2.24) is 4.90 Å². The van der Waals surface area contributed by atoms with Gasteiger partial charge in [-0.05, 0) is 26.8 Å². The first-order valence-electron chi connectivity index (χ1n) is 8.71. The lowest BCUT2D eigenvalue weighted by Crippen LogP contribution is -2.59. The molecule has 3 rings (SSSR count). The van der Waals surface area contributed by atoms with Gasteiger partial charge in [-0.25, -0.2) is 4.79 Å². The summed E-state index contributed by atoms with van der Waals surface area (Å²) in [7, 11) is 1.84. The molecule has 144 valence electrons. The van der Waals surface area contributed by atoms with Crippen molar-refractivity contribution in [3.8, 4) is 11.8 Å². The number of rotatable bonds is 1. The number of amides is 1. The van der Waals surface area contributed by atoms with Crippen LogP contribution in [0.15, 0.2) is 12.1 Å². The van der Waals surface area contributed by atoms with Crippen LogP contribution in [0.4, 0.5) is 16.2 Å². The number of carbonyl (C=O) groups is 1. The van der Waals surface area contributed by atoms with Crippen molar-refractivity contribution in [2.45, 2.75) is 44.9 Å². The second-order valence-electron chi connectivity index (χ2n) is 7.73. The number of hydrogen-bond donors (Lipinski definition) is 0. The van der Waals surface area contributed by atoms with Crippen LogP contribution in [-0.4, -0.2) is 53.8 Å². The molecular weight excluding hydrogens is 352 g/mol. The second-order valence-corrected chi connectivity index (χ2v) is 7.73. The Labute approximate surface area is 157 Å². The molecule has 1 amide bonds. The number of nitrogens with zero attached hydrogens (tertiary/aromatic N) is 4. The summed E-state index contributed by atoms with van der Waals surface area (Å²) in [5, 5.41) is 20.6. The van der Waals surface area contributed by atoms with E-state index >= 15 is 0 Å². The van der Waals surface area contributed by atoms with E-state index in [0.717, 1.165) is 0 Å². The minimum Gasteiger partial charge on any atom is -0.484 e. The van der Waals surface area contributed by atoms with Gasteiger partial charge in [-0.15, -0.1) is 0 Å². The Morgan fingerprint density at radius 3 is 2.74 bits per heavy atom. The van der Waals surface area contributed by atoms with E-state index in [0.29, 0.717) is 25.2 Å². The number of carbonyl (C=O) groups excluding carboxylic acids is 1. The van der Waals surface area contributed by atoms with E-state index in [-0.39, 0.29) is 35.2 Å². The van der Waals surface area contributed by atoms with E-state index < -0.39 is 10.5 Å². The first kappa shape index (κ1) is 18.8. The van der Waals surface area contributed by atoms with Crippen molar-refractivity contribution >= 4 is 17.5 Å². The summed E-state index contributed by atoms with van der Waals surface area (Å²) in [6, 6.07) is 4.66. The number of hydrogen-bond acceptors (Lipinski definition) is 7. The molecule has 27 heavy (non-hydrogen) atoms. The topological polar surface area (TPSA) is 109 Å². The highest BCUT2D eigenvalue weighted by Crippen LogP contribution is 2.43. The minimum absolute atomic E-state index is 0.0719. The van der Waals surface area contributed by atoms with Crippen LogP contribution in [0.2, 0.25) is 0 Å². The predicted molar refractivity (Wildman–Crippen MR) is 96.8 cm³/mol. The number of fused-ring (bicyclic) bond motifs is 2. The molecule has 1 fully saturated rings. The van der Waals surface area contributed by atoms with Crippen LogP contribution in [-0.2, 0) is 4.74 Å². The minimum atomic E-state index is -0.584. The van der Waals surface area contributed by atoms with Gasteiger partial charge in [-0.1, -0.05) is 0 Å². The summed E-state index contributed by atoms with van der Waals surface area (Å²) >= 11 is 0. The monoisotopic (exact) mass is 374 g/mol. The highest BCUT2D eigenvalue weighted by atomic mass is 16.6. The molecule has 1 saturated heterocycles. The van der Waals surface area contributed by atoms with E-state index in [2.05, 4.69) is 0 Å². The van der Waals surface area contributed by atoms with E-state index in [1.165, 1.54) is 6.07 Å². The van der Waals surface area contributed by atoms with Gasteiger partial charge in [0.15, 0.2) is 11.3 Å². The van der Waals surface area contributed by atoms with Crippen LogP contribution in [0.1, 0.15) is 32.8 Å². The molecule has 0 aromatic heterocycles. The molecular formula is C18H22N4O5. The Balaban J connectivity index is 1.88. The van der Waals surface area contributed by atoms with Gasteiger partial charge in [0.1, 0.15) is 17.8 Å². The van der Waals surface area contributed by atoms with Crippen molar-refractivity contribution in [3.63, 3.8) is 0 Å². The van der Waals surface area contributed by atoms with Crippen molar-refractivity contribution in [2.75, 3.05) is 25.0 Å². The number of nitro benzene ring substituents is 1. The lowest BCUT2D eigenvalue weighted by molar-refractivity contribution is -0.385. The molecule has 9 nitrogen and oxygen atoms in total. The maximum Gasteiger partial charge on any atom is 0.410 e. The van der Waals surface area contributed by atoms with Crippen LogP contribution in [0.5, 0.6) is 5.75 Å².